The van der Waals surface area contributed by atoms with Crippen LogP contribution in [0.3, 0.4) is 0 Å². The molecule has 2 rings (SSSR count). The highest BCUT2D eigenvalue weighted by molar-refractivity contribution is 7.96. The van der Waals surface area contributed by atoms with E-state index < -0.39 is 0 Å². The molecule has 0 bridgehead atoms. The van der Waals surface area contributed by atoms with Gasteiger partial charge in [-0.25, -0.2) is 0 Å². The average Bonchev–Trinajstić information content (AvgIpc) is 2.36. The number of rotatable bonds is 2. The third kappa shape index (κ3) is 3.91. The lowest BCUT2D eigenvalue weighted by atomic mass is 9.89. The molecule has 0 N–H and O–H groups in total. The summed E-state index contributed by atoms with van der Waals surface area (Å²) in [5.74, 6) is 3.89. The summed E-state index contributed by atoms with van der Waals surface area (Å²) < 4.78 is 0. The topological polar surface area (TPSA) is 0 Å². The molecule has 1 aliphatic heterocycles. The van der Waals surface area contributed by atoms with Gasteiger partial charge >= 0.3 is 0 Å². The highest BCUT2D eigenvalue weighted by Gasteiger charge is 2.36. The Morgan fingerprint density at radius 1 is 0.889 bits per heavy atom. The van der Waals surface area contributed by atoms with E-state index in [0.29, 0.717) is 21.7 Å². The molecule has 0 nitrogen and oxygen atoms in total. The number of allylic oxidation sites excluding steroid dienone is 2. The first-order chi connectivity index (χ1) is 8.36. The predicted octanol–water partition coefficient (Wildman–Crippen LogP) is 4.43. The molecular formula is C17H25S+. The summed E-state index contributed by atoms with van der Waals surface area (Å²) >= 11 is 0. The molecule has 1 aromatic rings. The van der Waals surface area contributed by atoms with Crippen molar-refractivity contribution < 1.29 is 0 Å². The van der Waals surface area contributed by atoms with Gasteiger partial charge in [-0.2, -0.15) is 0 Å². The fraction of sp³-hybridized carbons (Fsp3) is 0.529. The zero-order chi connectivity index (χ0) is 13.2. The molecule has 0 atom stereocenters. The Bertz CT molecular complexity index is 394. The van der Waals surface area contributed by atoms with E-state index in [9.17, 15) is 0 Å². The number of hydrogen-bond acceptors (Lipinski definition) is 0. The highest BCUT2D eigenvalue weighted by Crippen LogP contribution is 2.34. The van der Waals surface area contributed by atoms with Crippen molar-refractivity contribution >= 4 is 10.9 Å². The molecule has 0 aliphatic carbocycles. The van der Waals surface area contributed by atoms with Crippen molar-refractivity contribution in [3.8, 4) is 0 Å². The van der Waals surface area contributed by atoms with Crippen molar-refractivity contribution in [1.29, 1.82) is 0 Å². The molecule has 1 aromatic carbocycles. The molecule has 0 saturated heterocycles. The zero-order valence-electron chi connectivity index (χ0n) is 12.1. The van der Waals surface area contributed by atoms with Crippen LogP contribution in [-0.2, 0) is 16.6 Å². The average molecular weight is 261 g/mol. The Hall–Kier alpha value is -0.690. The fourth-order valence-corrected chi connectivity index (χ4v) is 5.83. The van der Waals surface area contributed by atoms with Crippen LogP contribution in [0.4, 0.5) is 0 Å². The summed E-state index contributed by atoms with van der Waals surface area (Å²) in [6.07, 6.45) is 4.87. The van der Waals surface area contributed by atoms with E-state index in [4.69, 9.17) is 0 Å². The van der Waals surface area contributed by atoms with Gasteiger partial charge in [0.25, 0.3) is 0 Å². The van der Waals surface area contributed by atoms with Crippen LogP contribution in [0.1, 0.15) is 33.3 Å². The maximum Gasteiger partial charge on any atom is 0.133 e. The van der Waals surface area contributed by atoms with E-state index in [-0.39, 0.29) is 0 Å². The third-order valence-corrected chi connectivity index (χ3v) is 6.40. The van der Waals surface area contributed by atoms with Crippen molar-refractivity contribution in [3.63, 3.8) is 0 Å². The Balaban J connectivity index is 2.13. The molecule has 0 radical (unpaired) electrons. The van der Waals surface area contributed by atoms with E-state index in [0.717, 1.165) is 0 Å². The van der Waals surface area contributed by atoms with Gasteiger partial charge in [-0.15, -0.1) is 0 Å². The van der Waals surface area contributed by atoms with Crippen LogP contribution in [0.2, 0.25) is 0 Å². The fourth-order valence-electron chi connectivity index (χ4n) is 2.56. The van der Waals surface area contributed by atoms with Crippen LogP contribution in [0.15, 0.2) is 42.5 Å². The van der Waals surface area contributed by atoms with Crippen molar-refractivity contribution in [1.82, 2.24) is 0 Å². The second kappa shape index (κ2) is 5.13. The minimum atomic E-state index is 0.353. The number of hydrogen-bond donors (Lipinski definition) is 0. The molecular weight excluding hydrogens is 236 g/mol. The standard InChI is InChI=1S/C17H25S/c1-16(2)10-11-17(3,4)14-18(13-16)12-15-8-6-5-7-9-15/h5-11H,12-14H2,1-4H3/q+1. The summed E-state index contributed by atoms with van der Waals surface area (Å²) in [6, 6.07) is 11.0. The third-order valence-electron chi connectivity index (χ3n) is 3.35. The van der Waals surface area contributed by atoms with Gasteiger partial charge in [-0.1, -0.05) is 70.2 Å². The predicted molar refractivity (Wildman–Crippen MR) is 83.9 cm³/mol. The molecule has 0 fully saturated rings. The molecule has 1 aliphatic rings. The summed E-state index contributed by atoms with van der Waals surface area (Å²) in [5, 5.41) is 0. The van der Waals surface area contributed by atoms with E-state index >= 15 is 0 Å². The molecule has 0 saturated carbocycles. The first-order valence-corrected chi connectivity index (χ1v) is 8.48. The van der Waals surface area contributed by atoms with Gasteiger partial charge in [0.05, 0.1) is 0 Å². The molecule has 0 unspecified atom stereocenters. The lowest BCUT2D eigenvalue weighted by molar-refractivity contribution is 0.531. The van der Waals surface area contributed by atoms with Gasteiger partial charge in [0.2, 0.25) is 0 Å². The Labute approximate surface area is 115 Å². The lowest BCUT2D eigenvalue weighted by Gasteiger charge is -2.20. The first kappa shape index (κ1) is 13.7. The monoisotopic (exact) mass is 261 g/mol. The van der Waals surface area contributed by atoms with Gasteiger partial charge in [0.15, 0.2) is 0 Å². The van der Waals surface area contributed by atoms with E-state index in [2.05, 4.69) is 70.2 Å². The maximum absolute atomic E-state index is 2.44. The van der Waals surface area contributed by atoms with E-state index in [1.165, 1.54) is 22.8 Å². The minimum Gasteiger partial charge on any atom is -0.0775 e. The Kier molecular flexibility index (Phi) is 3.91. The smallest absolute Gasteiger partial charge is 0.0775 e. The summed E-state index contributed by atoms with van der Waals surface area (Å²) in [5.41, 5.74) is 2.20. The zero-order valence-corrected chi connectivity index (χ0v) is 12.9. The Morgan fingerprint density at radius 2 is 1.39 bits per heavy atom. The van der Waals surface area contributed by atoms with Crippen LogP contribution >= 0.6 is 0 Å². The van der Waals surface area contributed by atoms with E-state index in [1.54, 1.807) is 0 Å². The summed E-state index contributed by atoms with van der Waals surface area (Å²) in [7, 11) is 0.486. The molecule has 0 amide bonds. The van der Waals surface area contributed by atoms with Gasteiger partial charge in [-0.05, 0) is 10.9 Å². The minimum absolute atomic E-state index is 0.353. The highest BCUT2D eigenvalue weighted by atomic mass is 32.2. The maximum atomic E-state index is 2.44. The van der Waals surface area contributed by atoms with E-state index in [1.807, 2.05) is 0 Å². The second-order valence-corrected chi connectivity index (χ2v) is 8.93. The summed E-state index contributed by atoms with van der Waals surface area (Å²) in [6.45, 7) is 9.48. The van der Waals surface area contributed by atoms with Crippen LogP contribution in [0.25, 0.3) is 0 Å². The van der Waals surface area contributed by atoms with Crippen LogP contribution in [0.5, 0.6) is 0 Å². The van der Waals surface area contributed by atoms with Crippen molar-refractivity contribution in [2.24, 2.45) is 10.8 Å². The van der Waals surface area contributed by atoms with Gasteiger partial charge < -0.3 is 0 Å². The quantitative estimate of drug-likeness (QED) is 0.546. The molecule has 1 heteroatoms. The van der Waals surface area contributed by atoms with Crippen molar-refractivity contribution in [2.75, 3.05) is 11.5 Å². The summed E-state index contributed by atoms with van der Waals surface area (Å²) in [4.78, 5) is 0. The van der Waals surface area contributed by atoms with Crippen LogP contribution in [-0.4, -0.2) is 11.5 Å². The van der Waals surface area contributed by atoms with Crippen molar-refractivity contribution in [2.45, 2.75) is 33.4 Å². The molecule has 0 spiro atoms. The largest absolute Gasteiger partial charge is 0.133 e. The number of benzene rings is 1. The van der Waals surface area contributed by atoms with Crippen molar-refractivity contribution in [3.05, 3.63) is 48.0 Å². The van der Waals surface area contributed by atoms with Gasteiger partial charge in [-0.3, -0.25) is 0 Å². The van der Waals surface area contributed by atoms with Gasteiger partial charge in [0.1, 0.15) is 17.3 Å². The van der Waals surface area contributed by atoms with Crippen LogP contribution in [0, 0.1) is 10.8 Å². The molecule has 1 heterocycles. The van der Waals surface area contributed by atoms with Crippen LogP contribution < -0.4 is 0 Å². The first-order valence-electron chi connectivity index (χ1n) is 6.75. The normalized spacial score (nSPS) is 22.7. The van der Waals surface area contributed by atoms with Gasteiger partial charge in [0, 0.05) is 16.4 Å². The lowest BCUT2D eigenvalue weighted by Crippen LogP contribution is -2.28. The molecule has 98 valence electrons. The molecule has 0 aromatic heterocycles. The Morgan fingerprint density at radius 3 is 1.89 bits per heavy atom. The molecule has 18 heavy (non-hydrogen) atoms. The SMILES string of the molecule is CC1(C)C=CC(C)(C)C[S+](Cc2ccccc2)C1. The second-order valence-electron chi connectivity index (χ2n) is 6.84.